The third-order valence-corrected chi connectivity index (χ3v) is 3.27. The van der Waals surface area contributed by atoms with Crippen molar-refractivity contribution in [2.45, 2.75) is 33.3 Å². The van der Waals surface area contributed by atoms with E-state index in [1.807, 2.05) is 19.1 Å². The lowest BCUT2D eigenvalue weighted by Crippen LogP contribution is -2.27. The second-order valence-corrected chi connectivity index (χ2v) is 6.50. The van der Waals surface area contributed by atoms with Crippen LogP contribution in [0.5, 0.6) is 0 Å². The summed E-state index contributed by atoms with van der Waals surface area (Å²) in [5, 5.41) is 16.0. The summed E-state index contributed by atoms with van der Waals surface area (Å²) in [6.45, 7) is 7.23. The fourth-order valence-corrected chi connectivity index (χ4v) is 2.14. The number of carbonyl (C=O) groups excluding carboxylic acids is 1. The van der Waals surface area contributed by atoms with Crippen LogP contribution in [0.25, 0.3) is 11.3 Å². The van der Waals surface area contributed by atoms with Gasteiger partial charge in [0.15, 0.2) is 0 Å². The van der Waals surface area contributed by atoms with Crippen LogP contribution < -0.4 is 5.32 Å². The number of amides is 1. The fraction of sp³-hybridized carbons (Fsp3) is 0.353. The van der Waals surface area contributed by atoms with Gasteiger partial charge in [0.05, 0.1) is 5.69 Å². The van der Waals surface area contributed by atoms with Crippen LogP contribution in [-0.2, 0) is 11.8 Å². The lowest BCUT2D eigenvalue weighted by atomic mass is 10.1. The molecule has 0 spiro atoms. The van der Waals surface area contributed by atoms with E-state index in [9.17, 15) is 9.59 Å². The summed E-state index contributed by atoms with van der Waals surface area (Å²) < 4.78 is 6.55. The summed E-state index contributed by atoms with van der Waals surface area (Å²) in [5.41, 5.74) is 2.17. The van der Waals surface area contributed by atoms with Gasteiger partial charge in [-0.15, -0.1) is 0 Å². The molecule has 0 fully saturated rings. The van der Waals surface area contributed by atoms with Crippen molar-refractivity contribution >= 4 is 17.7 Å². The lowest BCUT2D eigenvalue weighted by molar-refractivity contribution is 0.0633. The Kier molecular flexibility index (Phi) is 4.64. The highest BCUT2D eigenvalue weighted by molar-refractivity contribution is 5.89. The van der Waals surface area contributed by atoms with E-state index >= 15 is 0 Å². The number of carboxylic acids is 1. The minimum Gasteiger partial charge on any atom is -0.477 e. The van der Waals surface area contributed by atoms with Crippen molar-refractivity contribution < 1.29 is 19.4 Å². The van der Waals surface area contributed by atoms with E-state index in [1.165, 1.54) is 10.7 Å². The molecule has 7 heteroatoms. The second-order valence-electron chi connectivity index (χ2n) is 6.50. The first-order valence-corrected chi connectivity index (χ1v) is 7.45. The number of aryl methyl sites for hydroxylation is 2. The van der Waals surface area contributed by atoms with Gasteiger partial charge in [-0.3, -0.25) is 10.00 Å². The average Bonchev–Trinajstić information content (AvgIpc) is 2.81. The van der Waals surface area contributed by atoms with Gasteiger partial charge in [-0.25, -0.2) is 9.59 Å². The Labute approximate surface area is 140 Å². The molecule has 2 rings (SSSR count). The first kappa shape index (κ1) is 17.5. The van der Waals surface area contributed by atoms with Crippen LogP contribution in [0.4, 0.5) is 10.5 Å². The van der Waals surface area contributed by atoms with E-state index in [-0.39, 0.29) is 5.69 Å². The van der Waals surface area contributed by atoms with Gasteiger partial charge >= 0.3 is 12.1 Å². The van der Waals surface area contributed by atoms with Crippen LogP contribution in [0.15, 0.2) is 24.3 Å². The molecule has 0 aliphatic rings. The molecule has 1 aromatic heterocycles. The highest BCUT2D eigenvalue weighted by atomic mass is 16.6. The van der Waals surface area contributed by atoms with Crippen molar-refractivity contribution in [2.75, 3.05) is 5.32 Å². The summed E-state index contributed by atoms with van der Waals surface area (Å²) in [6.07, 6.45) is -0.546. The molecule has 0 aliphatic carbocycles. The van der Waals surface area contributed by atoms with Gasteiger partial charge in [0.1, 0.15) is 11.3 Å². The molecule has 1 aromatic carbocycles. The van der Waals surface area contributed by atoms with Crippen LogP contribution in [0.1, 0.15) is 36.8 Å². The van der Waals surface area contributed by atoms with Gasteiger partial charge in [0.2, 0.25) is 0 Å². The van der Waals surface area contributed by atoms with E-state index in [1.54, 1.807) is 33.9 Å². The normalized spacial score (nSPS) is 11.2. The zero-order valence-corrected chi connectivity index (χ0v) is 14.4. The molecule has 1 heterocycles. The largest absolute Gasteiger partial charge is 0.477 e. The van der Waals surface area contributed by atoms with Gasteiger partial charge in [-0.2, -0.15) is 5.10 Å². The first-order chi connectivity index (χ1) is 11.1. The summed E-state index contributed by atoms with van der Waals surface area (Å²) in [5.74, 6) is -1.05. The minimum absolute atomic E-state index is 0.0900. The zero-order valence-electron chi connectivity index (χ0n) is 14.4. The summed E-state index contributed by atoms with van der Waals surface area (Å²) >= 11 is 0. The van der Waals surface area contributed by atoms with Gasteiger partial charge in [0, 0.05) is 18.3 Å². The van der Waals surface area contributed by atoms with E-state index in [0.717, 1.165) is 5.56 Å². The topological polar surface area (TPSA) is 93.5 Å². The van der Waals surface area contributed by atoms with Gasteiger partial charge < -0.3 is 9.84 Å². The monoisotopic (exact) mass is 331 g/mol. The molecule has 0 atom stereocenters. The number of carbonyl (C=O) groups is 2. The third-order valence-electron chi connectivity index (χ3n) is 3.27. The van der Waals surface area contributed by atoms with Crippen LogP contribution >= 0.6 is 0 Å². The number of ether oxygens (including phenoxy) is 1. The average molecular weight is 331 g/mol. The molecule has 0 saturated carbocycles. The van der Waals surface area contributed by atoms with Crippen molar-refractivity contribution in [3.63, 3.8) is 0 Å². The van der Waals surface area contributed by atoms with Gasteiger partial charge in [0.25, 0.3) is 0 Å². The first-order valence-electron chi connectivity index (χ1n) is 7.45. The lowest BCUT2D eigenvalue weighted by Gasteiger charge is -2.20. The van der Waals surface area contributed by atoms with Crippen molar-refractivity contribution in [1.82, 2.24) is 9.78 Å². The van der Waals surface area contributed by atoms with Gasteiger partial charge in [-0.05, 0) is 45.4 Å². The summed E-state index contributed by atoms with van der Waals surface area (Å²) in [6, 6.07) is 6.89. The number of nitrogens with zero attached hydrogens (tertiary/aromatic N) is 2. The number of benzene rings is 1. The van der Waals surface area contributed by atoms with E-state index in [2.05, 4.69) is 10.4 Å². The molecule has 1 amide bonds. The highest BCUT2D eigenvalue weighted by Crippen LogP contribution is 2.25. The summed E-state index contributed by atoms with van der Waals surface area (Å²) in [4.78, 5) is 23.1. The zero-order chi connectivity index (χ0) is 18.1. The van der Waals surface area contributed by atoms with Crippen molar-refractivity contribution in [3.8, 4) is 11.3 Å². The Bertz CT molecular complexity index is 788. The molecule has 2 aromatic rings. The molecule has 0 aliphatic heterocycles. The number of hydrogen-bond acceptors (Lipinski definition) is 4. The predicted octanol–water partition coefficient (Wildman–Crippen LogP) is 3.44. The Morgan fingerprint density at radius 2 is 1.92 bits per heavy atom. The molecule has 7 nitrogen and oxygen atoms in total. The van der Waals surface area contributed by atoms with Crippen LogP contribution in [0, 0.1) is 6.92 Å². The molecule has 0 radical (unpaired) electrons. The van der Waals surface area contributed by atoms with Crippen molar-refractivity contribution in [3.05, 3.63) is 35.5 Å². The van der Waals surface area contributed by atoms with E-state index in [4.69, 9.17) is 9.84 Å². The Balaban J connectivity index is 2.30. The maximum absolute atomic E-state index is 11.9. The maximum Gasteiger partial charge on any atom is 0.412 e. The number of carboxylic acid groups (broad SMARTS) is 1. The van der Waals surface area contributed by atoms with Gasteiger partial charge in [-0.1, -0.05) is 12.1 Å². The van der Waals surface area contributed by atoms with E-state index in [0.29, 0.717) is 16.9 Å². The van der Waals surface area contributed by atoms with Crippen molar-refractivity contribution in [1.29, 1.82) is 0 Å². The van der Waals surface area contributed by atoms with Crippen LogP contribution in [-0.4, -0.2) is 32.6 Å². The second kappa shape index (κ2) is 6.35. The third kappa shape index (κ3) is 4.13. The smallest absolute Gasteiger partial charge is 0.412 e. The quantitative estimate of drug-likeness (QED) is 0.898. The number of aromatic nitrogens is 2. The number of nitrogens with one attached hydrogen (secondary N) is 1. The minimum atomic E-state index is -1.05. The number of anilines is 1. The molecule has 128 valence electrons. The predicted molar refractivity (Wildman–Crippen MR) is 90.2 cm³/mol. The Morgan fingerprint density at radius 3 is 2.46 bits per heavy atom. The number of aromatic carboxylic acids is 1. The molecule has 24 heavy (non-hydrogen) atoms. The molecule has 0 bridgehead atoms. The van der Waals surface area contributed by atoms with E-state index < -0.39 is 17.7 Å². The SMILES string of the molecule is Cc1ccc(-c2cc(C(=O)O)n(C)n2)cc1NC(=O)OC(C)(C)C. The Morgan fingerprint density at radius 1 is 1.25 bits per heavy atom. The summed E-state index contributed by atoms with van der Waals surface area (Å²) in [7, 11) is 1.57. The van der Waals surface area contributed by atoms with Crippen LogP contribution in [0.2, 0.25) is 0 Å². The molecular formula is C17H21N3O4. The number of rotatable bonds is 3. The molecule has 0 saturated heterocycles. The Hall–Kier alpha value is -2.83. The van der Waals surface area contributed by atoms with Crippen LogP contribution in [0.3, 0.4) is 0 Å². The molecule has 2 N–H and O–H groups in total. The molecule has 0 unspecified atom stereocenters. The highest BCUT2D eigenvalue weighted by Gasteiger charge is 2.18. The fourth-order valence-electron chi connectivity index (χ4n) is 2.14. The standard InChI is InChI=1S/C17H21N3O4/c1-10-6-7-11(13-9-14(15(21)22)20(5)19-13)8-12(10)18-16(23)24-17(2,3)4/h6-9H,1-5H3,(H,18,23)(H,21,22). The number of hydrogen-bond donors (Lipinski definition) is 2. The maximum atomic E-state index is 11.9. The molecular weight excluding hydrogens is 310 g/mol. The van der Waals surface area contributed by atoms with Crippen molar-refractivity contribution in [2.24, 2.45) is 7.05 Å².